The van der Waals surface area contributed by atoms with Gasteiger partial charge in [0.05, 0.1) is 0 Å². The molecule has 6 heteroatoms. The fourth-order valence-electron chi connectivity index (χ4n) is 0.710. The normalized spacial score (nSPS) is 9.42. The lowest BCUT2D eigenvalue weighted by molar-refractivity contribution is -0.137. The van der Waals surface area contributed by atoms with Crippen LogP contribution in [-0.2, 0) is 4.79 Å². The van der Waals surface area contributed by atoms with Crippen LogP contribution < -0.4 is 5.73 Å². The van der Waals surface area contributed by atoms with Crippen molar-refractivity contribution in [2.24, 2.45) is 5.73 Å². The number of aliphatic carboxylic acids is 1. The van der Waals surface area contributed by atoms with Crippen molar-refractivity contribution < 1.29 is 15.0 Å². The van der Waals surface area contributed by atoms with E-state index in [4.69, 9.17) is 21.4 Å². The number of nitrogens with two attached hydrogens (primary N) is 1. The molecule has 0 aromatic rings. The fourth-order valence-corrected chi connectivity index (χ4v) is 0.710. The third-order valence-electron chi connectivity index (χ3n) is 1.25. The van der Waals surface area contributed by atoms with E-state index in [9.17, 15) is 4.79 Å². The zero-order valence-corrected chi connectivity index (χ0v) is 6.66. The van der Waals surface area contributed by atoms with Gasteiger partial charge in [0.15, 0.2) is 5.96 Å². The second kappa shape index (κ2) is 5.36. The van der Waals surface area contributed by atoms with E-state index in [1.807, 2.05) is 0 Å². The van der Waals surface area contributed by atoms with Crippen molar-refractivity contribution >= 4 is 11.9 Å². The summed E-state index contributed by atoms with van der Waals surface area (Å²) >= 11 is 0. The van der Waals surface area contributed by atoms with Gasteiger partial charge < -0.3 is 20.8 Å². The van der Waals surface area contributed by atoms with Gasteiger partial charge in [-0.3, -0.25) is 10.2 Å². The lowest BCUT2D eigenvalue weighted by atomic mass is 10.4. The first-order valence-corrected chi connectivity index (χ1v) is 3.49. The summed E-state index contributed by atoms with van der Waals surface area (Å²) in [5.41, 5.74) is 5.09. The molecule has 0 spiro atoms. The summed E-state index contributed by atoms with van der Waals surface area (Å²) in [6.07, 6.45) is 0.410. The van der Waals surface area contributed by atoms with E-state index >= 15 is 0 Å². The number of guanidine groups is 1. The molecule has 0 aromatic heterocycles. The number of aliphatic hydroxyl groups is 1. The molecule has 0 saturated heterocycles. The molecule has 0 fully saturated rings. The van der Waals surface area contributed by atoms with E-state index in [-0.39, 0.29) is 25.7 Å². The van der Waals surface area contributed by atoms with Crippen molar-refractivity contribution in [3.8, 4) is 0 Å². The Morgan fingerprint density at radius 3 is 2.50 bits per heavy atom. The van der Waals surface area contributed by atoms with E-state index in [0.717, 1.165) is 0 Å². The average molecular weight is 175 g/mol. The maximum Gasteiger partial charge on any atom is 0.323 e. The Morgan fingerprint density at radius 1 is 1.58 bits per heavy atom. The van der Waals surface area contributed by atoms with Gasteiger partial charge in [-0.15, -0.1) is 0 Å². The number of carbonyl (C=O) groups is 1. The highest BCUT2D eigenvalue weighted by Gasteiger charge is 2.09. The van der Waals surface area contributed by atoms with Crippen molar-refractivity contribution in [1.29, 1.82) is 5.41 Å². The molecule has 12 heavy (non-hydrogen) atoms. The molecule has 0 amide bonds. The average Bonchev–Trinajstić information content (AvgIpc) is 1.96. The number of hydrogen-bond donors (Lipinski definition) is 4. The van der Waals surface area contributed by atoms with Crippen molar-refractivity contribution in [2.45, 2.75) is 6.42 Å². The number of hydrogen-bond acceptors (Lipinski definition) is 3. The quantitative estimate of drug-likeness (QED) is 0.305. The molecule has 0 aliphatic carbocycles. The monoisotopic (exact) mass is 175 g/mol. The zero-order chi connectivity index (χ0) is 9.56. The molecule has 5 N–H and O–H groups in total. The number of nitrogens with one attached hydrogen (secondary N) is 1. The highest BCUT2D eigenvalue weighted by molar-refractivity contribution is 5.80. The predicted molar refractivity (Wildman–Crippen MR) is 42.8 cm³/mol. The standard InChI is InChI=1S/C6H13N3O3/c7-6(8)9(2-1-3-10)4-5(11)12/h10H,1-4H2,(H3,7,8)(H,11,12). The van der Waals surface area contributed by atoms with Gasteiger partial charge in [-0.05, 0) is 6.42 Å². The first-order valence-electron chi connectivity index (χ1n) is 3.49. The van der Waals surface area contributed by atoms with Crippen LogP contribution >= 0.6 is 0 Å². The summed E-state index contributed by atoms with van der Waals surface area (Å²) in [4.78, 5) is 11.4. The molecular weight excluding hydrogens is 162 g/mol. The summed E-state index contributed by atoms with van der Waals surface area (Å²) in [6, 6.07) is 0. The third kappa shape index (κ3) is 4.51. The van der Waals surface area contributed by atoms with Crippen LogP contribution in [0.15, 0.2) is 0 Å². The van der Waals surface area contributed by atoms with E-state index < -0.39 is 5.97 Å². The molecule has 0 unspecified atom stereocenters. The minimum absolute atomic E-state index is 0.0383. The number of nitrogens with zero attached hydrogens (tertiary/aromatic N) is 1. The number of aliphatic hydroxyl groups excluding tert-OH is 1. The van der Waals surface area contributed by atoms with Crippen molar-refractivity contribution in [1.82, 2.24) is 4.90 Å². The van der Waals surface area contributed by atoms with Crippen LogP contribution in [0.25, 0.3) is 0 Å². The highest BCUT2D eigenvalue weighted by Crippen LogP contribution is 1.89. The predicted octanol–water partition coefficient (Wildman–Crippen LogP) is -1.35. The van der Waals surface area contributed by atoms with E-state index in [1.54, 1.807) is 0 Å². The molecule has 6 nitrogen and oxygen atoms in total. The van der Waals surface area contributed by atoms with Gasteiger partial charge in [-0.2, -0.15) is 0 Å². The number of rotatable bonds is 5. The minimum atomic E-state index is -1.04. The second-order valence-corrected chi connectivity index (χ2v) is 2.28. The lowest BCUT2D eigenvalue weighted by Gasteiger charge is -2.19. The first-order chi connectivity index (χ1) is 5.57. The van der Waals surface area contributed by atoms with Gasteiger partial charge in [-0.1, -0.05) is 0 Å². The number of carboxylic acid groups (broad SMARTS) is 1. The van der Waals surface area contributed by atoms with Crippen LogP contribution in [0.3, 0.4) is 0 Å². The molecule has 0 saturated carbocycles. The van der Waals surface area contributed by atoms with Crippen molar-refractivity contribution in [3.05, 3.63) is 0 Å². The van der Waals surface area contributed by atoms with Gasteiger partial charge in [-0.25, -0.2) is 0 Å². The summed E-state index contributed by atoms with van der Waals surface area (Å²) in [6.45, 7) is -0.0448. The number of carboxylic acids is 1. The summed E-state index contributed by atoms with van der Waals surface area (Å²) in [7, 11) is 0. The van der Waals surface area contributed by atoms with Gasteiger partial charge in [0, 0.05) is 13.2 Å². The molecule has 0 aliphatic rings. The van der Waals surface area contributed by atoms with Crippen LogP contribution in [0, 0.1) is 5.41 Å². The third-order valence-corrected chi connectivity index (χ3v) is 1.25. The Hall–Kier alpha value is -1.30. The smallest absolute Gasteiger partial charge is 0.323 e. The second-order valence-electron chi connectivity index (χ2n) is 2.28. The van der Waals surface area contributed by atoms with Gasteiger partial charge in [0.2, 0.25) is 0 Å². The minimum Gasteiger partial charge on any atom is -0.480 e. The zero-order valence-electron chi connectivity index (χ0n) is 6.66. The molecule has 0 bridgehead atoms. The van der Waals surface area contributed by atoms with Gasteiger partial charge >= 0.3 is 5.97 Å². The molecule has 70 valence electrons. The largest absolute Gasteiger partial charge is 0.480 e. The maximum atomic E-state index is 10.2. The maximum absolute atomic E-state index is 10.2. The van der Waals surface area contributed by atoms with E-state index in [0.29, 0.717) is 6.42 Å². The Kier molecular flexibility index (Phi) is 4.78. The van der Waals surface area contributed by atoms with Gasteiger partial charge in [0.1, 0.15) is 6.54 Å². The molecular formula is C6H13N3O3. The first kappa shape index (κ1) is 10.7. The Morgan fingerprint density at radius 2 is 2.17 bits per heavy atom. The molecule has 0 aromatic carbocycles. The van der Waals surface area contributed by atoms with Gasteiger partial charge in [0.25, 0.3) is 0 Å². The van der Waals surface area contributed by atoms with Crippen molar-refractivity contribution in [2.75, 3.05) is 19.7 Å². The van der Waals surface area contributed by atoms with Crippen LogP contribution in [0.5, 0.6) is 0 Å². The van der Waals surface area contributed by atoms with Crippen LogP contribution in [-0.4, -0.2) is 46.7 Å². The van der Waals surface area contributed by atoms with Crippen LogP contribution in [0.2, 0.25) is 0 Å². The highest BCUT2D eigenvalue weighted by atomic mass is 16.4. The Bertz CT molecular complexity index is 171. The fraction of sp³-hybridized carbons (Fsp3) is 0.667. The van der Waals surface area contributed by atoms with E-state index in [1.165, 1.54) is 4.90 Å². The van der Waals surface area contributed by atoms with Crippen molar-refractivity contribution in [3.63, 3.8) is 0 Å². The summed E-state index contributed by atoms with van der Waals surface area (Å²) in [5.74, 6) is -1.33. The topological polar surface area (TPSA) is 111 Å². The van der Waals surface area contributed by atoms with E-state index in [2.05, 4.69) is 0 Å². The lowest BCUT2D eigenvalue weighted by Crippen LogP contribution is -2.40. The van der Waals surface area contributed by atoms with Crippen LogP contribution in [0.4, 0.5) is 0 Å². The molecule has 0 radical (unpaired) electrons. The molecule has 0 rings (SSSR count). The molecule has 0 aliphatic heterocycles. The van der Waals surface area contributed by atoms with Crippen LogP contribution in [0.1, 0.15) is 6.42 Å². The SMILES string of the molecule is N=C(N)N(CCCO)CC(=O)O. The summed E-state index contributed by atoms with van der Waals surface area (Å²) in [5, 5.41) is 23.8. The molecule has 0 atom stereocenters. The Labute approximate surface area is 70.1 Å². The Balaban J connectivity index is 3.87. The molecule has 0 heterocycles. The summed E-state index contributed by atoms with van der Waals surface area (Å²) < 4.78 is 0.